The SMILES string of the molecule is ClCC1(Nc2ccc3nccnc3n2)CCCCC1. The number of fused-ring (bicyclic) bond motifs is 1. The van der Waals surface area contributed by atoms with E-state index in [4.69, 9.17) is 11.6 Å². The Morgan fingerprint density at radius 3 is 2.68 bits per heavy atom. The Hall–Kier alpha value is -1.42. The van der Waals surface area contributed by atoms with Gasteiger partial charge in [-0.3, -0.25) is 4.98 Å². The second-order valence-electron chi connectivity index (χ2n) is 5.20. The third kappa shape index (κ3) is 2.63. The van der Waals surface area contributed by atoms with Gasteiger partial charge in [-0.2, -0.15) is 0 Å². The highest BCUT2D eigenvalue weighted by Gasteiger charge is 2.31. The second kappa shape index (κ2) is 5.29. The van der Waals surface area contributed by atoms with Crippen LogP contribution < -0.4 is 5.32 Å². The van der Waals surface area contributed by atoms with E-state index in [0.29, 0.717) is 11.5 Å². The zero-order valence-corrected chi connectivity index (χ0v) is 11.5. The maximum absolute atomic E-state index is 6.19. The monoisotopic (exact) mass is 276 g/mol. The lowest BCUT2D eigenvalue weighted by atomic mass is 9.83. The van der Waals surface area contributed by atoms with Crippen LogP contribution in [0.4, 0.5) is 5.82 Å². The number of halogens is 1. The highest BCUT2D eigenvalue weighted by Crippen LogP contribution is 2.32. The fourth-order valence-electron chi connectivity index (χ4n) is 2.72. The molecule has 1 fully saturated rings. The van der Waals surface area contributed by atoms with E-state index in [-0.39, 0.29) is 5.54 Å². The third-order valence-electron chi connectivity index (χ3n) is 3.79. The molecule has 4 nitrogen and oxygen atoms in total. The van der Waals surface area contributed by atoms with Crippen molar-refractivity contribution in [2.75, 3.05) is 11.2 Å². The van der Waals surface area contributed by atoms with Crippen molar-refractivity contribution in [3.63, 3.8) is 0 Å². The second-order valence-corrected chi connectivity index (χ2v) is 5.46. The number of alkyl halides is 1. The molecule has 19 heavy (non-hydrogen) atoms. The first-order chi connectivity index (χ1) is 9.31. The zero-order valence-electron chi connectivity index (χ0n) is 10.8. The van der Waals surface area contributed by atoms with Crippen LogP contribution in [-0.2, 0) is 0 Å². The van der Waals surface area contributed by atoms with E-state index in [0.717, 1.165) is 24.2 Å². The number of nitrogens with one attached hydrogen (secondary N) is 1. The van der Waals surface area contributed by atoms with Crippen molar-refractivity contribution >= 4 is 28.6 Å². The molecule has 0 spiro atoms. The maximum atomic E-state index is 6.19. The van der Waals surface area contributed by atoms with Gasteiger partial charge in [-0.15, -0.1) is 11.6 Å². The molecule has 5 heteroatoms. The molecule has 0 bridgehead atoms. The van der Waals surface area contributed by atoms with E-state index in [1.165, 1.54) is 19.3 Å². The van der Waals surface area contributed by atoms with Crippen LogP contribution in [0.15, 0.2) is 24.5 Å². The fourth-order valence-corrected chi connectivity index (χ4v) is 3.05. The molecule has 0 saturated heterocycles. The summed E-state index contributed by atoms with van der Waals surface area (Å²) in [6.45, 7) is 0. The molecule has 0 aromatic carbocycles. The van der Waals surface area contributed by atoms with Crippen molar-refractivity contribution in [3.8, 4) is 0 Å². The average molecular weight is 277 g/mol. The quantitative estimate of drug-likeness (QED) is 0.873. The van der Waals surface area contributed by atoms with Crippen molar-refractivity contribution in [3.05, 3.63) is 24.5 Å². The minimum absolute atomic E-state index is 0.0112. The number of anilines is 1. The van der Waals surface area contributed by atoms with Gasteiger partial charge in [0.15, 0.2) is 5.65 Å². The minimum atomic E-state index is -0.0112. The van der Waals surface area contributed by atoms with E-state index in [9.17, 15) is 0 Å². The van der Waals surface area contributed by atoms with Gasteiger partial charge in [-0.1, -0.05) is 19.3 Å². The Morgan fingerprint density at radius 2 is 1.89 bits per heavy atom. The summed E-state index contributed by atoms with van der Waals surface area (Å²) in [5.74, 6) is 1.46. The normalized spacial score (nSPS) is 18.4. The Kier molecular flexibility index (Phi) is 3.51. The standard InChI is InChI=1S/C14H17ClN4/c15-10-14(6-2-1-3-7-14)19-12-5-4-11-13(18-12)17-9-8-16-11/h4-5,8-9H,1-3,6-7,10H2,(H,17,18,19). The molecule has 1 saturated carbocycles. The number of pyridine rings is 1. The van der Waals surface area contributed by atoms with Crippen LogP contribution in [0.5, 0.6) is 0 Å². The molecule has 1 aliphatic rings. The molecule has 0 atom stereocenters. The van der Waals surface area contributed by atoms with Crippen LogP contribution in [0.25, 0.3) is 11.2 Å². The van der Waals surface area contributed by atoms with Gasteiger partial charge in [0.1, 0.15) is 11.3 Å². The topological polar surface area (TPSA) is 50.7 Å². The Morgan fingerprint density at radius 1 is 1.11 bits per heavy atom. The van der Waals surface area contributed by atoms with Crippen molar-refractivity contribution in [2.24, 2.45) is 0 Å². The highest BCUT2D eigenvalue weighted by atomic mass is 35.5. The van der Waals surface area contributed by atoms with Crippen LogP contribution in [0.2, 0.25) is 0 Å². The van der Waals surface area contributed by atoms with Gasteiger partial charge >= 0.3 is 0 Å². The summed E-state index contributed by atoms with van der Waals surface area (Å²) >= 11 is 6.19. The molecular formula is C14H17ClN4. The maximum Gasteiger partial charge on any atom is 0.180 e. The third-order valence-corrected chi connectivity index (χ3v) is 4.30. The summed E-state index contributed by atoms with van der Waals surface area (Å²) in [6, 6.07) is 3.91. The van der Waals surface area contributed by atoms with E-state index in [1.807, 2.05) is 12.1 Å². The lowest BCUT2D eigenvalue weighted by Crippen LogP contribution is -2.42. The van der Waals surface area contributed by atoms with Gasteiger partial charge in [0.05, 0.1) is 5.54 Å². The lowest BCUT2D eigenvalue weighted by molar-refractivity contribution is 0.352. The van der Waals surface area contributed by atoms with Crippen molar-refractivity contribution in [1.82, 2.24) is 15.0 Å². The summed E-state index contributed by atoms with van der Waals surface area (Å²) < 4.78 is 0. The van der Waals surface area contributed by atoms with Gasteiger partial charge < -0.3 is 5.32 Å². The van der Waals surface area contributed by atoms with Crippen molar-refractivity contribution < 1.29 is 0 Å². The van der Waals surface area contributed by atoms with Crippen LogP contribution >= 0.6 is 11.6 Å². The van der Waals surface area contributed by atoms with E-state index in [2.05, 4.69) is 20.3 Å². The van der Waals surface area contributed by atoms with E-state index in [1.54, 1.807) is 12.4 Å². The number of hydrogen-bond donors (Lipinski definition) is 1. The first-order valence-corrected chi connectivity index (χ1v) is 7.27. The molecule has 2 heterocycles. The molecule has 3 rings (SSSR count). The molecule has 0 unspecified atom stereocenters. The molecule has 1 aliphatic carbocycles. The molecule has 2 aromatic heterocycles. The van der Waals surface area contributed by atoms with Crippen LogP contribution in [0, 0.1) is 0 Å². The molecular weight excluding hydrogens is 260 g/mol. The number of rotatable bonds is 3. The molecule has 0 aliphatic heterocycles. The highest BCUT2D eigenvalue weighted by molar-refractivity contribution is 6.18. The summed E-state index contributed by atoms with van der Waals surface area (Å²) in [4.78, 5) is 13.0. The van der Waals surface area contributed by atoms with Crippen LogP contribution in [-0.4, -0.2) is 26.4 Å². The summed E-state index contributed by atoms with van der Waals surface area (Å²) in [5.41, 5.74) is 1.48. The first-order valence-electron chi connectivity index (χ1n) is 6.73. The molecule has 100 valence electrons. The van der Waals surface area contributed by atoms with Gasteiger partial charge in [-0.05, 0) is 25.0 Å². The lowest BCUT2D eigenvalue weighted by Gasteiger charge is -2.36. The molecule has 0 radical (unpaired) electrons. The van der Waals surface area contributed by atoms with E-state index >= 15 is 0 Å². The van der Waals surface area contributed by atoms with Crippen molar-refractivity contribution in [2.45, 2.75) is 37.6 Å². The smallest absolute Gasteiger partial charge is 0.180 e. The van der Waals surface area contributed by atoms with Gasteiger partial charge in [0, 0.05) is 18.3 Å². The molecule has 1 N–H and O–H groups in total. The largest absolute Gasteiger partial charge is 0.363 e. The van der Waals surface area contributed by atoms with Gasteiger partial charge in [0.2, 0.25) is 0 Å². The summed E-state index contributed by atoms with van der Waals surface area (Å²) in [6.07, 6.45) is 9.32. The van der Waals surface area contributed by atoms with Crippen molar-refractivity contribution in [1.29, 1.82) is 0 Å². The van der Waals surface area contributed by atoms with Gasteiger partial charge in [-0.25, -0.2) is 9.97 Å². The predicted molar refractivity (Wildman–Crippen MR) is 77.5 cm³/mol. The Labute approximate surface area is 117 Å². The van der Waals surface area contributed by atoms with E-state index < -0.39 is 0 Å². The number of nitrogens with zero attached hydrogens (tertiary/aromatic N) is 3. The average Bonchev–Trinajstić information content (AvgIpc) is 2.48. The molecule has 2 aromatic rings. The van der Waals surface area contributed by atoms with Crippen LogP contribution in [0.1, 0.15) is 32.1 Å². The Balaban J connectivity index is 1.87. The number of aromatic nitrogens is 3. The summed E-state index contributed by atoms with van der Waals surface area (Å²) in [7, 11) is 0. The predicted octanol–water partition coefficient (Wildman–Crippen LogP) is 3.38. The minimum Gasteiger partial charge on any atom is -0.363 e. The van der Waals surface area contributed by atoms with Crippen LogP contribution in [0.3, 0.4) is 0 Å². The number of hydrogen-bond acceptors (Lipinski definition) is 4. The zero-order chi connectivity index (χ0) is 13.1. The van der Waals surface area contributed by atoms with Gasteiger partial charge in [0.25, 0.3) is 0 Å². The first kappa shape index (κ1) is 12.6. The molecule has 0 amide bonds. The fraction of sp³-hybridized carbons (Fsp3) is 0.500. The summed E-state index contributed by atoms with van der Waals surface area (Å²) in [5, 5.41) is 3.53. The Bertz CT molecular complexity index is 566.